The van der Waals surface area contributed by atoms with Crippen molar-refractivity contribution >= 4 is 44.6 Å². The van der Waals surface area contributed by atoms with Gasteiger partial charge in [-0.25, -0.2) is 4.98 Å². The lowest BCUT2D eigenvalue weighted by atomic mass is 10.0. The third kappa shape index (κ3) is 2.62. The van der Waals surface area contributed by atoms with Crippen LogP contribution in [0.5, 0.6) is 0 Å². The highest BCUT2D eigenvalue weighted by Crippen LogP contribution is 2.35. The summed E-state index contributed by atoms with van der Waals surface area (Å²) in [6.45, 7) is 1.84. The van der Waals surface area contributed by atoms with Gasteiger partial charge in [-0.1, -0.05) is 0 Å². The van der Waals surface area contributed by atoms with Crippen LogP contribution >= 0.6 is 15.9 Å². The van der Waals surface area contributed by atoms with E-state index in [0.717, 1.165) is 21.4 Å². The molecule has 4 N–H and O–H groups in total. The summed E-state index contributed by atoms with van der Waals surface area (Å²) in [5, 5.41) is 5.98. The molecule has 1 aromatic carbocycles. The Balaban J connectivity index is 2.00. The van der Waals surface area contributed by atoms with Crippen molar-refractivity contribution < 1.29 is 4.79 Å². The molecule has 3 rings (SSSR count). The van der Waals surface area contributed by atoms with E-state index in [1.165, 1.54) is 0 Å². The summed E-state index contributed by atoms with van der Waals surface area (Å²) in [7, 11) is 0. The monoisotopic (exact) mass is 344 g/mol. The second-order valence-corrected chi connectivity index (χ2v) is 5.66. The van der Waals surface area contributed by atoms with Gasteiger partial charge >= 0.3 is 0 Å². The van der Waals surface area contributed by atoms with Crippen molar-refractivity contribution in [2.75, 3.05) is 16.4 Å². The van der Waals surface area contributed by atoms with Crippen molar-refractivity contribution in [1.29, 1.82) is 0 Å². The van der Waals surface area contributed by atoms with Gasteiger partial charge in [0.2, 0.25) is 0 Å². The minimum atomic E-state index is -0.141. The first-order valence-electron chi connectivity index (χ1n) is 6.35. The van der Waals surface area contributed by atoms with Gasteiger partial charge in [-0.2, -0.15) is 0 Å². The molecule has 0 atom stereocenters. The zero-order chi connectivity index (χ0) is 15.0. The molecule has 0 bridgehead atoms. The molecule has 0 saturated heterocycles. The van der Waals surface area contributed by atoms with Crippen LogP contribution in [-0.2, 0) is 4.79 Å². The number of nitrogens with zero attached hydrogens (tertiary/aromatic N) is 1. The molecule has 0 fully saturated rings. The van der Waals surface area contributed by atoms with Gasteiger partial charge in [-0.15, -0.1) is 0 Å². The molecule has 2 heterocycles. The van der Waals surface area contributed by atoms with E-state index >= 15 is 0 Å². The molecule has 0 unspecified atom stereocenters. The highest BCUT2D eigenvalue weighted by atomic mass is 79.9. The SMILES string of the molecule is C/C(Nc1ccc(Br)cn1)=C1/C(=O)Nc2ccc(N)cc21. The molecule has 1 amide bonds. The van der Waals surface area contributed by atoms with E-state index in [1.54, 1.807) is 24.4 Å². The van der Waals surface area contributed by atoms with Gasteiger partial charge in [0, 0.05) is 33.3 Å². The molecule has 0 saturated carbocycles. The first-order valence-corrected chi connectivity index (χ1v) is 7.14. The lowest BCUT2D eigenvalue weighted by Crippen LogP contribution is -2.09. The molecule has 2 aromatic rings. The normalized spacial score (nSPS) is 15.4. The second kappa shape index (κ2) is 5.21. The number of carbonyl (C=O) groups excluding carboxylic acids is 1. The number of rotatable bonds is 2. The topological polar surface area (TPSA) is 80.0 Å². The maximum Gasteiger partial charge on any atom is 0.258 e. The predicted octanol–water partition coefficient (Wildman–Crippen LogP) is 3.22. The fraction of sp³-hybridized carbons (Fsp3) is 0.0667. The molecule has 5 nitrogen and oxygen atoms in total. The Morgan fingerprint density at radius 2 is 2.14 bits per heavy atom. The van der Waals surface area contributed by atoms with Crippen LogP contribution in [0.1, 0.15) is 12.5 Å². The minimum Gasteiger partial charge on any atom is -0.399 e. The average molecular weight is 345 g/mol. The highest BCUT2D eigenvalue weighted by molar-refractivity contribution is 9.10. The van der Waals surface area contributed by atoms with E-state index in [2.05, 4.69) is 31.5 Å². The second-order valence-electron chi connectivity index (χ2n) is 4.75. The number of hydrogen-bond donors (Lipinski definition) is 3. The molecular formula is C15H13BrN4O. The number of hydrogen-bond acceptors (Lipinski definition) is 4. The Bertz CT molecular complexity index is 753. The molecule has 106 valence electrons. The number of pyridine rings is 1. The number of carbonyl (C=O) groups is 1. The molecule has 1 aliphatic heterocycles. The summed E-state index contributed by atoms with van der Waals surface area (Å²) in [4.78, 5) is 16.4. The number of nitrogen functional groups attached to an aromatic ring is 1. The Hall–Kier alpha value is -2.34. The average Bonchev–Trinajstić information content (AvgIpc) is 2.76. The van der Waals surface area contributed by atoms with Gasteiger partial charge in [-0.3, -0.25) is 4.79 Å². The van der Waals surface area contributed by atoms with E-state index in [1.807, 2.05) is 19.1 Å². The first-order chi connectivity index (χ1) is 10.0. The Labute approximate surface area is 130 Å². The molecule has 1 aliphatic rings. The number of nitrogens with two attached hydrogens (primary N) is 1. The lowest BCUT2D eigenvalue weighted by molar-refractivity contribution is -0.110. The van der Waals surface area contributed by atoms with E-state index in [-0.39, 0.29) is 5.91 Å². The Kier molecular flexibility index (Phi) is 3.39. The van der Waals surface area contributed by atoms with Gasteiger partial charge in [0.05, 0.1) is 5.57 Å². The van der Waals surface area contributed by atoms with Crippen molar-refractivity contribution in [3.8, 4) is 0 Å². The van der Waals surface area contributed by atoms with Crippen molar-refractivity contribution in [3.05, 3.63) is 52.3 Å². The van der Waals surface area contributed by atoms with Crippen LogP contribution in [0.4, 0.5) is 17.2 Å². The van der Waals surface area contributed by atoms with E-state index < -0.39 is 0 Å². The van der Waals surface area contributed by atoms with Crippen LogP contribution in [0.15, 0.2) is 46.7 Å². The quantitative estimate of drug-likeness (QED) is 0.577. The summed E-state index contributed by atoms with van der Waals surface area (Å²) in [6, 6.07) is 9.08. The zero-order valence-corrected chi connectivity index (χ0v) is 12.9. The molecule has 0 radical (unpaired) electrons. The minimum absolute atomic E-state index is 0.141. The summed E-state index contributed by atoms with van der Waals surface area (Å²) in [6.07, 6.45) is 1.70. The van der Waals surface area contributed by atoms with Crippen LogP contribution in [0.25, 0.3) is 5.57 Å². The first kappa shape index (κ1) is 13.6. The van der Waals surface area contributed by atoms with Crippen LogP contribution in [0.3, 0.4) is 0 Å². The predicted molar refractivity (Wildman–Crippen MR) is 87.6 cm³/mol. The lowest BCUT2D eigenvalue weighted by Gasteiger charge is -2.09. The number of aromatic nitrogens is 1. The van der Waals surface area contributed by atoms with Crippen LogP contribution in [-0.4, -0.2) is 10.9 Å². The van der Waals surface area contributed by atoms with Gasteiger partial charge in [0.25, 0.3) is 5.91 Å². The summed E-state index contributed by atoms with van der Waals surface area (Å²) < 4.78 is 0.898. The number of anilines is 3. The molecule has 21 heavy (non-hydrogen) atoms. The van der Waals surface area contributed by atoms with Crippen molar-refractivity contribution in [3.63, 3.8) is 0 Å². The fourth-order valence-electron chi connectivity index (χ4n) is 2.26. The van der Waals surface area contributed by atoms with Crippen molar-refractivity contribution in [1.82, 2.24) is 4.98 Å². The number of nitrogens with one attached hydrogen (secondary N) is 2. The maximum atomic E-state index is 12.2. The third-order valence-electron chi connectivity index (χ3n) is 3.21. The number of halogens is 1. The Morgan fingerprint density at radius 3 is 2.86 bits per heavy atom. The van der Waals surface area contributed by atoms with Crippen molar-refractivity contribution in [2.24, 2.45) is 0 Å². The third-order valence-corrected chi connectivity index (χ3v) is 3.68. The smallest absolute Gasteiger partial charge is 0.258 e. The number of benzene rings is 1. The molecular weight excluding hydrogens is 332 g/mol. The van der Waals surface area contributed by atoms with Crippen LogP contribution in [0.2, 0.25) is 0 Å². The largest absolute Gasteiger partial charge is 0.399 e. The summed E-state index contributed by atoms with van der Waals surface area (Å²) in [5.74, 6) is 0.533. The van der Waals surface area contributed by atoms with Crippen molar-refractivity contribution in [2.45, 2.75) is 6.92 Å². The van der Waals surface area contributed by atoms with Crippen LogP contribution < -0.4 is 16.4 Å². The van der Waals surface area contributed by atoms with Crippen LogP contribution in [0, 0.1) is 0 Å². The summed E-state index contributed by atoms with van der Waals surface area (Å²) in [5.41, 5.74) is 9.32. The zero-order valence-electron chi connectivity index (χ0n) is 11.3. The van der Waals surface area contributed by atoms with Gasteiger partial charge in [-0.05, 0) is 53.2 Å². The van der Waals surface area contributed by atoms with Gasteiger partial charge < -0.3 is 16.4 Å². The maximum absolute atomic E-state index is 12.2. The highest BCUT2D eigenvalue weighted by Gasteiger charge is 2.26. The molecule has 6 heteroatoms. The summed E-state index contributed by atoms with van der Waals surface area (Å²) >= 11 is 3.34. The van der Waals surface area contributed by atoms with E-state index in [9.17, 15) is 4.79 Å². The Morgan fingerprint density at radius 1 is 1.33 bits per heavy atom. The number of allylic oxidation sites excluding steroid dienone is 1. The molecule has 0 aliphatic carbocycles. The van der Waals surface area contributed by atoms with E-state index in [0.29, 0.717) is 17.1 Å². The van der Waals surface area contributed by atoms with Gasteiger partial charge in [0.15, 0.2) is 0 Å². The standard InChI is InChI=1S/C15H13BrN4O/c1-8(19-13-5-2-9(16)7-18-13)14-11-6-10(17)3-4-12(11)20-15(14)21/h2-7H,17H2,1H3,(H,18,19)(H,20,21)/b14-8-. The number of amides is 1. The van der Waals surface area contributed by atoms with E-state index in [4.69, 9.17) is 5.73 Å². The fourth-order valence-corrected chi connectivity index (χ4v) is 2.50. The molecule has 1 aromatic heterocycles. The molecule has 0 spiro atoms. The number of fused-ring (bicyclic) bond motifs is 1. The van der Waals surface area contributed by atoms with Gasteiger partial charge in [0.1, 0.15) is 5.82 Å².